The van der Waals surface area contributed by atoms with Gasteiger partial charge in [0, 0.05) is 43.0 Å². The van der Waals surface area contributed by atoms with Crippen LogP contribution in [-0.4, -0.2) is 43.7 Å². The number of fused-ring (bicyclic) bond motifs is 1. The molecule has 2 aliphatic rings. The van der Waals surface area contributed by atoms with E-state index >= 15 is 0 Å². The number of anilines is 1. The Morgan fingerprint density at radius 3 is 2.77 bits per heavy atom. The Balaban J connectivity index is 1.71. The molecule has 2 aromatic rings. The number of aromatic amines is 1. The van der Waals surface area contributed by atoms with E-state index in [4.69, 9.17) is 4.74 Å². The van der Waals surface area contributed by atoms with Crippen LogP contribution < -0.4 is 4.90 Å². The zero-order chi connectivity index (χ0) is 21.8. The number of aromatic nitrogens is 1. The number of nitrogens with one attached hydrogen (secondary N) is 1. The molecule has 1 fully saturated rings. The third kappa shape index (κ3) is 4.40. The number of hydrogen-bond acceptors (Lipinski definition) is 3. The molecule has 0 radical (unpaired) electrons. The molecule has 1 saturated heterocycles. The van der Waals surface area contributed by atoms with E-state index in [2.05, 4.69) is 64.9 Å². The van der Waals surface area contributed by atoms with Crippen molar-refractivity contribution in [3.63, 3.8) is 0 Å². The fourth-order valence-corrected chi connectivity index (χ4v) is 4.71. The lowest BCUT2D eigenvalue weighted by atomic mass is 9.94. The van der Waals surface area contributed by atoms with Gasteiger partial charge in [0.1, 0.15) is 11.6 Å². The summed E-state index contributed by atoms with van der Waals surface area (Å²) in [6.45, 7) is 10.3. The molecule has 162 valence electrons. The number of likely N-dealkylation sites (N-methyl/N-ethyl adjacent to an activating group) is 1. The van der Waals surface area contributed by atoms with Gasteiger partial charge in [0.2, 0.25) is 0 Å². The minimum Gasteiger partial charge on any atom is -0.496 e. The lowest BCUT2D eigenvalue weighted by Gasteiger charge is -2.26. The van der Waals surface area contributed by atoms with E-state index in [-0.39, 0.29) is 0 Å². The average Bonchev–Trinajstić information content (AvgIpc) is 3.44. The highest BCUT2D eigenvalue weighted by Gasteiger charge is 2.23. The number of methoxy groups -OCH3 is 1. The summed E-state index contributed by atoms with van der Waals surface area (Å²) in [5, 5.41) is 0. The van der Waals surface area contributed by atoms with Crippen LogP contribution in [0.25, 0.3) is 17.2 Å². The zero-order valence-electron chi connectivity index (χ0n) is 18.9. The molecule has 0 unspecified atom stereocenters. The Morgan fingerprint density at radius 2 is 2.06 bits per heavy atom. The summed E-state index contributed by atoms with van der Waals surface area (Å²) in [4.78, 5) is 8.31. The summed E-state index contributed by atoms with van der Waals surface area (Å²) in [5.74, 6) is 1.98. The van der Waals surface area contributed by atoms with Gasteiger partial charge < -0.3 is 14.6 Å². The summed E-state index contributed by atoms with van der Waals surface area (Å²) in [6.07, 6.45) is 12.9. The highest BCUT2D eigenvalue weighted by Crippen LogP contribution is 2.38. The number of H-pyrrole nitrogens is 1. The van der Waals surface area contributed by atoms with Crippen LogP contribution in [0, 0.1) is 0 Å². The molecular formula is C27H33N3O. The van der Waals surface area contributed by atoms with Crippen LogP contribution in [0.15, 0.2) is 61.0 Å². The van der Waals surface area contributed by atoms with Gasteiger partial charge in [0.15, 0.2) is 0 Å². The molecule has 0 amide bonds. The Morgan fingerprint density at radius 1 is 1.26 bits per heavy atom. The normalized spacial score (nSPS) is 17.5. The second kappa shape index (κ2) is 9.44. The molecular weight excluding hydrogens is 382 g/mol. The Bertz CT molecular complexity index is 1030. The molecule has 1 aromatic carbocycles. The van der Waals surface area contributed by atoms with Crippen molar-refractivity contribution >= 4 is 23.0 Å². The molecule has 4 rings (SSSR count). The maximum Gasteiger partial charge on any atom is 0.122 e. The number of nitrogens with zero attached hydrogens (tertiary/aromatic N) is 2. The minimum atomic E-state index is 0.845. The molecule has 0 saturated carbocycles. The number of allylic oxidation sites excluding steroid dienone is 4. The molecule has 0 spiro atoms. The summed E-state index contributed by atoms with van der Waals surface area (Å²) in [6, 6.07) is 9.05. The smallest absolute Gasteiger partial charge is 0.122 e. The van der Waals surface area contributed by atoms with Crippen molar-refractivity contribution in [1.82, 2.24) is 9.88 Å². The van der Waals surface area contributed by atoms with Gasteiger partial charge >= 0.3 is 0 Å². The topological polar surface area (TPSA) is 31.5 Å². The van der Waals surface area contributed by atoms with Gasteiger partial charge in [-0.25, -0.2) is 0 Å². The number of likely N-dealkylation sites (tertiary alicyclic amines) is 1. The van der Waals surface area contributed by atoms with Crippen molar-refractivity contribution in [3.8, 4) is 0 Å². The molecule has 3 heterocycles. The zero-order valence-corrected chi connectivity index (χ0v) is 18.9. The quantitative estimate of drug-likeness (QED) is 0.463. The van der Waals surface area contributed by atoms with Crippen molar-refractivity contribution in [2.24, 2.45) is 0 Å². The van der Waals surface area contributed by atoms with Gasteiger partial charge in [0.25, 0.3) is 0 Å². The Kier molecular flexibility index (Phi) is 6.47. The molecule has 4 heteroatoms. The molecule has 0 bridgehead atoms. The van der Waals surface area contributed by atoms with E-state index < -0.39 is 0 Å². The molecule has 2 aliphatic heterocycles. The van der Waals surface area contributed by atoms with E-state index in [0.29, 0.717) is 0 Å². The second-order valence-corrected chi connectivity index (χ2v) is 8.35. The maximum atomic E-state index is 5.64. The van der Waals surface area contributed by atoms with Gasteiger partial charge in [-0.2, -0.15) is 0 Å². The van der Waals surface area contributed by atoms with Crippen LogP contribution in [-0.2, 0) is 11.3 Å². The predicted molar refractivity (Wildman–Crippen MR) is 132 cm³/mol. The van der Waals surface area contributed by atoms with E-state index in [1.807, 2.05) is 25.2 Å². The van der Waals surface area contributed by atoms with E-state index in [9.17, 15) is 0 Å². The van der Waals surface area contributed by atoms with Gasteiger partial charge in [-0.15, -0.1) is 0 Å². The minimum absolute atomic E-state index is 0.845. The van der Waals surface area contributed by atoms with Crippen molar-refractivity contribution in [2.45, 2.75) is 26.3 Å². The summed E-state index contributed by atoms with van der Waals surface area (Å²) < 4.78 is 5.64. The number of benzene rings is 1. The second-order valence-electron chi connectivity index (χ2n) is 8.35. The lowest BCUT2D eigenvalue weighted by molar-refractivity contribution is 0.310. The number of ether oxygens (including phenoxy) is 1. The van der Waals surface area contributed by atoms with Crippen LogP contribution >= 0.6 is 0 Å². The molecule has 1 aromatic heterocycles. The predicted octanol–water partition coefficient (Wildman–Crippen LogP) is 5.72. The standard InChI is InChI=1S/C27H33N3O/c1-5-10-23(26(6-2)31-4)25-17-28-27-24(25)16-22(19-29(27)3)21-12-9-11-20(15-21)18-30-13-7-8-14-30/h5-6,9-12,15-17,28H,1,7-8,13-14,18-19H2,2-4H3/b23-10-,26-6+. The molecule has 4 nitrogen and oxygen atoms in total. The van der Waals surface area contributed by atoms with Crippen LogP contribution in [0.4, 0.5) is 5.82 Å². The van der Waals surface area contributed by atoms with E-state index in [1.54, 1.807) is 7.11 Å². The van der Waals surface area contributed by atoms with Gasteiger partial charge in [0.05, 0.1) is 7.11 Å². The first kappa shape index (κ1) is 21.3. The summed E-state index contributed by atoms with van der Waals surface area (Å²) in [5.41, 5.74) is 7.38. The van der Waals surface area contributed by atoms with Crippen molar-refractivity contribution < 1.29 is 4.74 Å². The first-order valence-corrected chi connectivity index (χ1v) is 11.1. The van der Waals surface area contributed by atoms with Gasteiger partial charge in [-0.05, 0) is 61.7 Å². The lowest BCUT2D eigenvalue weighted by Crippen LogP contribution is -2.23. The SMILES string of the molecule is C=C/C=C(\C(=C/C)OC)c1c[nH]c2c1C=C(c1cccc(CN3CCCC3)c1)CN2C. The molecule has 1 N–H and O–H groups in total. The third-order valence-electron chi connectivity index (χ3n) is 6.23. The van der Waals surface area contributed by atoms with E-state index in [1.165, 1.54) is 48.2 Å². The van der Waals surface area contributed by atoms with Gasteiger partial charge in [-0.3, -0.25) is 4.90 Å². The third-order valence-corrected chi connectivity index (χ3v) is 6.23. The average molecular weight is 416 g/mol. The first-order chi connectivity index (χ1) is 15.1. The monoisotopic (exact) mass is 415 g/mol. The summed E-state index contributed by atoms with van der Waals surface area (Å²) >= 11 is 0. The van der Waals surface area contributed by atoms with Crippen molar-refractivity contribution in [3.05, 3.63) is 83.3 Å². The van der Waals surface area contributed by atoms with Gasteiger partial charge in [-0.1, -0.05) is 43.0 Å². The number of hydrogen-bond donors (Lipinski definition) is 1. The highest BCUT2D eigenvalue weighted by atomic mass is 16.5. The molecule has 31 heavy (non-hydrogen) atoms. The first-order valence-electron chi connectivity index (χ1n) is 11.1. The molecule has 0 aliphatic carbocycles. The van der Waals surface area contributed by atoms with Crippen molar-refractivity contribution in [2.75, 3.05) is 38.7 Å². The summed E-state index contributed by atoms with van der Waals surface area (Å²) in [7, 11) is 3.86. The Hall–Kier alpha value is -2.98. The fourth-order valence-electron chi connectivity index (χ4n) is 4.71. The van der Waals surface area contributed by atoms with Crippen molar-refractivity contribution in [1.29, 1.82) is 0 Å². The highest BCUT2D eigenvalue weighted by molar-refractivity contribution is 5.96. The van der Waals surface area contributed by atoms with E-state index in [0.717, 1.165) is 35.8 Å². The van der Waals surface area contributed by atoms with Crippen LogP contribution in [0.3, 0.4) is 0 Å². The fraction of sp³-hybridized carbons (Fsp3) is 0.333. The maximum absolute atomic E-state index is 5.64. The van der Waals surface area contributed by atoms with Crippen LogP contribution in [0.5, 0.6) is 0 Å². The van der Waals surface area contributed by atoms with Crippen LogP contribution in [0.1, 0.15) is 42.0 Å². The Labute approximate surface area is 186 Å². The largest absolute Gasteiger partial charge is 0.496 e. The molecule has 0 atom stereocenters. The number of rotatable bonds is 7. The van der Waals surface area contributed by atoms with Crippen LogP contribution in [0.2, 0.25) is 0 Å².